The van der Waals surface area contributed by atoms with Crippen molar-refractivity contribution in [3.63, 3.8) is 0 Å². The molecule has 10 rings (SSSR count). The Bertz CT molecular complexity index is 4090. The van der Waals surface area contributed by atoms with Crippen molar-refractivity contribution in [2.24, 2.45) is 0 Å². The molecule has 0 saturated carbocycles. The van der Waals surface area contributed by atoms with Gasteiger partial charge < -0.3 is 4.42 Å². The van der Waals surface area contributed by atoms with Gasteiger partial charge in [-0.3, -0.25) is 0 Å². The van der Waals surface area contributed by atoms with E-state index in [4.69, 9.17) is 29.1 Å². The lowest BCUT2D eigenvalue weighted by Gasteiger charge is -2.19. The van der Waals surface area contributed by atoms with Crippen molar-refractivity contribution in [3.8, 4) is 44.5 Å². The van der Waals surface area contributed by atoms with Crippen molar-refractivity contribution in [1.82, 2.24) is 0 Å². The Labute approximate surface area is 316 Å². The fourth-order valence-corrected chi connectivity index (χ4v) is 6.58. The van der Waals surface area contributed by atoms with Gasteiger partial charge in [0.25, 0.3) is 0 Å². The average Bonchev–Trinajstić information content (AvgIpc) is 3.76. The first-order valence-electron chi connectivity index (χ1n) is 26.5. The van der Waals surface area contributed by atoms with Crippen molar-refractivity contribution in [2.75, 3.05) is 0 Å². The predicted octanol–water partition coefficient (Wildman–Crippen LogP) is 13.7. The molecule has 0 aliphatic heterocycles. The zero-order chi connectivity index (χ0) is 52.3. The molecule has 0 atom stereocenters. The van der Waals surface area contributed by atoms with E-state index in [1.807, 2.05) is 0 Å². The smallest absolute Gasteiger partial charge is 0.136 e. The van der Waals surface area contributed by atoms with E-state index >= 15 is 0 Å². The molecule has 0 aliphatic carbocycles. The average molecular weight is 646 g/mol. The van der Waals surface area contributed by atoms with Crippen LogP contribution in [0.2, 0.25) is 0 Å². The Hall–Kier alpha value is -6.44. The third-order valence-corrected chi connectivity index (χ3v) is 8.54. The molecule has 0 saturated heterocycles. The highest BCUT2D eigenvalue weighted by molar-refractivity contribution is 6.25. The van der Waals surface area contributed by atoms with Gasteiger partial charge in [0.15, 0.2) is 0 Å². The van der Waals surface area contributed by atoms with Gasteiger partial charge in [0.1, 0.15) is 11.2 Å². The van der Waals surface area contributed by atoms with E-state index in [1.165, 1.54) is 12.1 Å². The standard InChI is InChI=1S/C48H30O/c1-3-15-31(16-4-1)33-25-13-27-43-47(33)48-37(26-14-28-44(48)49-43)36-29-30-42(35-20-8-7-19-34(35)36)46-40-23-11-9-21-38(40)45(32-17-5-2-6-18-32)39-22-10-12-24-41(39)46/h1-30H/i1D,2D,3D,4D,5D,6D,9D,10D,11D,12D,13D,14D,15D,17D,18D,21D,22D,23D,24D,25D,26D,27D,28D. The molecule has 0 fully saturated rings. The van der Waals surface area contributed by atoms with Gasteiger partial charge in [-0.25, -0.2) is 0 Å². The molecule has 0 spiro atoms. The third kappa shape index (κ3) is 4.26. The lowest BCUT2D eigenvalue weighted by molar-refractivity contribution is 0.669. The zero-order valence-electron chi connectivity index (χ0n) is 47.9. The second-order valence-corrected chi connectivity index (χ2v) is 11.0. The molecule has 9 aromatic carbocycles. The summed E-state index contributed by atoms with van der Waals surface area (Å²) in [6.07, 6.45) is 0. The van der Waals surface area contributed by atoms with E-state index in [9.17, 15) is 6.85 Å². The summed E-state index contributed by atoms with van der Waals surface area (Å²) >= 11 is 0. The fourth-order valence-electron chi connectivity index (χ4n) is 6.58. The minimum atomic E-state index is -0.819. The molecule has 0 unspecified atom stereocenters. The molecule has 0 radical (unpaired) electrons. The summed E-state index contributed by atoms with van der Waals surface area (Å²) in [7, 11) is 0. The van der Waals surface area contributed by atoms with E-state index in [2.05, 4.69) is 0 Å². The highest BCUT2D eigenvalue weighted by Gasteiger charge is 2.21. The molecule has 1 nitrogen and oxygen atoms in total. The van der Waals surface area contributed by atoms with Crippen LogP contribution in [0.4, 0.5) is 0 Å². The SMILES string of the molecule is [2H]c1cc(-c2c([2H])c([2H])c([2H])c3oc4c([2H])c([2H])c([2H])c(-c5ccc(-c6c7c([2H])c([2H])c([2H])c([2H])c7c(-c7c([2H])c([2H])c([2H])c([2H])c7[2H])c7c([2H])c([2H])c([2H])c([2H])c67)c6ccccc56)c4c23)c([2H])c([2H])c1[2H]. The monoisotopic (exact) mass is 645 g/mol. The minimum Gasteiger partial charge on any atom is -0.456 e. The maximum Gasteiger partial charge on any atom is 0.136 e. The lowest BCUT2D eigenvalue weighted by Crippen LogP contribution is -1.92. The first kappa shape index (κ1) is 13.2. The van der Waals surface area contributed by atoms with Crippen LogP contribution in [0, 0.1) is 0 Å². The number of furan rings is 1. The van der Waals surface area contributed by atoms with Crippen LogP contribution in [0.3, 0.4) is 0 Å². The summed E-state index contributed by atoms with van der Waals surface area (Å²) in [6, 6.07) is -5.98. The second kappa shape index (κ2) is 11.1. The summed E-state index contributed by atoms with van der Waals surface area (Å²) in [5, 5.41) is -1.40. The predicted molar refractivity (Wildman–Crippen MR) is 208 cm³/mol. The van der Waals surface area contributed by atoms with Gasteiger partial charge in [-0.2, -0.15) is 0 Å². The van der Waals surface area contributed by atoms with E-state index in [-0.39, 0.29) is 76.9 Å². The number of hydrogen-bond acceptors (Lipinski definition) is 1. The van der Waals surface area contributed by atoms with Crippen LogP contribution >= 0.6 is 0 Å². The normalized spacial score (nSPS) is 18.2. The summed E-state index contributed by atoms with van der Waals surface area (Å²) in [5.74, 6) is 0. The van der Waals surface area contributed by atoms with Gasteiger partial charge >= 0.3 is 0 Å². The Balaban J connectivity index is 1.43. The summed E-state index contributed by atoms with van der Waals surface area (Å²) in [4.78, 5) is 0. The molecule has 1 aromatic heterocycles. The molecule has 0 bridgehead atoms. The number of rotatable bonds is 4. The molecule has 0 amide bonds. The third-order valence-electron chi connectivity index (χ3n) is 8.54. The summed E-state index contributed by atoms with van der Waals surface area (Å²) in [6.45, 7) is 0. The van der Waals surface area contributed by atoms with E-state index in [0.29, 0.717) is 0 Å². The van der Waals surface area contributed by atoms with Crippen molar-refractivity contribution >= 4 is 54.3 Å². The summed E-state index contributed by atoms with van der Waals surface area (Å²) in [5.41, 5.74) is -2.42. The Morgan fingerprint density at radius 3 is 1.51 bits per heavy atom. The molecule has 1 heterocycles. The van der Waals surface area contributed by atoms with Crippen LogP contribution in [0.25, 0.3) is 98.8 Å². The highest BCUT2D eigenvalue weighted by Crippen LogP contribution is 2.48. The van der Waals surface area contributed by atoms with Crippen LogP contribution < -0.4 is 0 Å². The minimum absolute atomic E-state index is 0.0803. The van der Waals surface area contributed by atoms with Gasteiger partial charge in [-0.05, 0) is 88.9 Å². The van der Waals surface area contributed by atoms with Gasteiger partial charge in [0, 0.05) is 10.8 Å². The number of benzene rings is 9. The molecule has 1 heteroatoms. The van der Waals surface area contributed by atoms with Gasteiger partial charge in [0.05, 0.1) is 31.5 Å². The zero-order valence-corrected chi connectivity index (χ0v) is 24.9. The topological polar surface area (TPSA) is 13.1 Å². The molecule has 49 heavy (non-hydrogen) atoms. The van der Waals surface area contributed by atoms with Crippen molar-refractivity contribution < 1.29 is 35.9 Å². The van der Waals surface area contributed by atoms with Crippen LogP contribution in [0.15, 0.2) is 186 Å². The second-order valence-electron chi connectivity index (χ2n) is 11.0. The van der Waals surface area contributed by atoms with Crippen molar-refractivity contribution in [2.45, 2.75) is 0 Å². The van der Waals surface area contributed by atoms with Crippen LogP contribution in [-0.2, 0) is 0 Å². The van der Waals surface area contributed by atoms with Crippen LogP contribution in [0.1, 0.15) is 31.5 Å². The first-order valence-corrected chi connectivity index (χ1v) is 15.0. The van der Waals surface area contributed by atoms with Crippen molar-refractivity contribution in [3.05, 3.63) is 181 Å². The molecule has 10 aromatic rings. The van der Waals surface area contributed by atoms with Gasteiger partial charge in [-0.1, -0.05) is 169 Å². The lowest BCUT2D eigenvalue weighted by atomic mass is 9.83. The Kier molecular flexibility index (Phi) is 2.99. The molecular weight excluding hydrogens is 593 g/mol. The van der Waals surface area contributed by atoms with Gasteiger partial charge in [-0.15, -0.1) is 0 Å². The molecule has 228 valence electrons. The van der Waals surface area contributed by atoms with Crippen LogP contribution in [-0.4, -0.2) is 0 Å². The Morgan fingerprint density at radius 2 is 0.837 bits per heavy atom. The maximum absolute atomic E-state index is 9.48. The fraction of sp³-hybridized carbons (Fsp3) is 0. The molecule has 0 aliphatic rings. The number of fused-ring (bicyclic) bond motifs is 6. The molecular formula is C48H30O. The molecule has 0 N–H and O–H groups in total. The summed E-state index contributed by atoms with van der Waals surface area (Å²) < 4.78 is 211. The van der Waals surface area contributed by atoms with Crippen LogP contribution in [0.5, 0.6) is 0 Å². The quantitative estimate of drug-likeness (QED) is 0.174. The first-order chi connectivity index (χ1) is 33.9. The van der Waals surface area contributed by atoms with E-state index < -0.39 is 161 Å². The highest BCUT2D eigenvalue weighted by atomic mass is 16.3. The van der Waals surface area contributed by atoms with Crippen molar-refractivity contribution in [1.29, 1.82) is 0 Å². The largest absolute Gasteiger partial charge is 0.456 e. The Morgan fingerprint density at radius 1 is 0.327 bits per heavy atom. The van der Waals surface area contributed by atoms with E-state index in [1.54, 1.807) is 24.3 Å². The maximum atomic E-state index is 9.48. The van der Waals surface area contributed by atoms with Gasteiger partial charge in [0.2, 0.25) is 0 Å². The van der Waals surface area contributed by atoms with E-state index in [0.717, 1.165) is 6.07 Å². The number of hydrogen-bond donors (Lipinski definition) is 0.